The highest BCUT2D eigenvalue weighted by molar-refractivity contribution is 5.27. The first kappa shape index (κ1) is 11.2. The molecule has 1 aromatic heterocycles. The third kappa shape index (κ3) is 1.99. The number of aromatic nitrogens is 1. The molecule has 1 aromatic rings. The smallest absolute Gasteiger partial charge is 0.223 e. The molecule has 1 aliphatic carbocycles. The van der Waals surface area contributed by atoms with Crippen molar-refractivity contribution in [2.45, 2.75) is 51.5 Å². The summed E-state index contributed by atoms with van der Waals surface area (Å²) in [5.74, 6) is -0.0597. The van der Waals surface area contributed by atoms with Crippen LogP contribution in [0.1, 0.15) is 50.8 Å². The van der Waals surface area contributed by atoms with Gasteiger partial charge in [0.2, 0.25) is 5.43 Å². The molecule has 0 aromatic carbocycles. The standard InChI is InChI=1S/C13H19NO2/c1-2-11-13(16)12(15)8-9-14(11)10-6-4-3-5-7-10/h8-10,16H,2-7H2,1H3. The third-order valence-electron chi connectivity index (χ3n) is 3.51. The molecule has 2 rings (SSSR count). The van der Waals surface area contributed by atoms with E-state index in [-0.39, 0.29) is 11.2 Å². The Balaban J connectivity index is 2.39. The van der Waals surface area contributed by atoms with Gasteiger partial charge in [-0.25, -0.2) is 0 Å². The van der Waals surface area contributed by atoms with Crippen molar-refractivity contribution in [1.82, 2.24) is 4.57 Å². The van der Waals surface area contributed by atoms with Crippen LogP contribution in [0.2, 0.25) is 0 Å². The molecule has 0 bridgehead atoms. The molecule has 1 aliphatic rings. The maximum atomic E-state index is 11.4. The van der Waals surface area contributed by atoms with Crippen LogP contribution in [0.5, 0.6) is 5.75 Å². The Labute approximate surface area is 95.7 Å². The normalized spacial score (nSPS) is 17.6. The van der Waals surface area contributed by atoms with Crippen LogP contribution in [0, 0.1) is 0 Å². The molecule has 88 valence electrons. The molecule has 1 fully saturated rings. The quantitative estimate of drug-likeness (QED) is 0.834. The Kier molecular flexibility index (Phi) is 3.32. The average molecular weight is 221 g/mol. The van der Waals surface area contributed by atoms with Crippen LogP contribution in [0.25, 0.3) is 0 Å². The molecule has 0 amide bonds. The Morgan fingerprint density at radius 1 is 1.38 bits per heavy atom. The Morgan fingerprint density at radius 3 is 2.69 bits per heavy atom. The monoisotopic (exact) mass is 221 g/mol. The molecule has 0 unspecified atom stereocenters. The summed E-state index contributed by atoms with van der Waals surface area (Å²) in [5, 5.41) is 9.78. The average Bonchev–Trinajstić information content (AvgIpc) is 2.33. The second-order valence-corrected chi connectivity index (χ2v) is 4.53. The largest absolute Gasteiger partial charge is 0.503 e. The van der Waals surface area contributed by atoms with Gasteiger partial charge < -0.3 is 9.67 Å². The summed E-state index contributed by atoms with van der Waals surface area (Å²) in [7, 11) is 0. The van der Waals surface area contributed by atoms with Gasteiger partial charge in [-0.15, -0.1) is 0 Å². The van der Waals surface area contributed by atoms with Gasteiger partial charge in [-0.05, 0) is 19.3 Å². The first-order valence-electron chi connectivity index (χ1n) is 6.17. The Morgan fingerprint density at radius 2 is 2.06 bits per heavy atom. The van der Waals surface area contributed by atoms with Crippen LogP contribution in [0.15, 0.2) is 17.1 Å². The van der Waals surface area contributed by atoms with Crippen molar-refractivity contribution >= 4 is 0 Å². The van der Waals surface area contributed by atoms with Crippen molar-refractivity contribution in [2.75, 3.05) is 0 Å². The second-order valence-electron chi connectivity index (χ2n) is 4.53. The summed E-state index contributed by atoms with van der Waals surface area (Å²) in [4.78, 5) is 11.4. The summed E-state index contributed by atoms with van der Waals surface area (Å²) in [6, 6.07) is 1.94. The molecule has 1 saturated carbocycles. The minimum Gasteiger partial charge on any atom is -0.503 e. The number of pyridine rings is 1. The van der Waals surface area contributed by atoms with E-state index in [4.69, 9.17) is 0 Å². The predicted octanol–water partition coefficient (Wildman–Crippen LogP) is 2.62. The van der Waals surface area contributed by atoms with E-state index in [1.165, 1.54) is 25.3 Å². The minimum atomic E-state index is -0.260. The van der Waals surface area contributed by atoms with E-state index < -0.39 is 0 Å². The molecule has 0 aliphatic heterocycles. The van der Waals surface area contributed by atoms with E-state index in [2.05, 4.69) is 4.57 Å². The molecule has 1 N–H and O–H groups in total. The molecule has 3 heteroatoms. The van der Waals surface area contributed by atoms with Crippen molar-refractivity contribution in [1.29, 1.82) is 0 Å². The first-order chi connectivity index (χ1) is 7.74. The fourth-order valence-corrected chi connectivity index (χ4v) is 2.63. The highest BCUT2D eigenvalue weighted by Gasteiger charge is 2.18. The van der Waals surface area contributed by atoms with Crippen LogP contribution in [0.4, 0.5) is 0 Å². The van der Waals surface area contributed by atoms with E-state index in [1.807, 2.05) is 13.1 Å². The zero-order chi connectivity index (χ0) is 11.5. The summed E-state index contributed by atoms with van der Waals surface area (Å²) in [6.07, 6.45) is 8.69. The van der Waals surface area contributed by atoms with Gasteiger partial charge in [-0.2, -0.15) is 0 Å². The van der Waals surface area contributed by atoms with Crippen molar-refractivity contribution in [3.05, 3.63) is 28.2 Å². The predicted molar refractivity (Wildman–Crippen MR) is 63.9 cm³/mol. The fraction of sp³-hybridized carbons (Fsp3) is 0.615. The van der Waals surface area contributed by atoms with Crippen molar-refractivity contribution in [2.24, 2.45) is 0 Å². The zero-order valence-corrected chi connectivity index (χ0v) is 9.78. The van der Waals surface area contributed by atoms with Crippen LogP contribution >= 0.6 is 0 Å². The topological polar surface area (TPSA) is 42.2 Å². The molecular weight excluding hydrogens is 202 g/mol. The molecule has 16 heavy (non-hydrogen) atoms. The highest BCUT2D eigenvalue weighted by atomic mass is 16.3. The SMILES string of the molecule is CCc1c(O)c(=O)ccn1C1CCCCC1. The second kappa shape index (κ2) is 4.73. The third-order valence-corrected chi connectivity index (χ3v) is 3.51. The lowest BCUT2D eigenvalue weighted by Crippen LogP contribution is -2.19. The van der Waals surface area contributed by atoms with Crippen LogP contribution in [0.3, 0.4) is 0 Å². The molecular formula is C13H19NO2. The van der Waals surface area contributed by atoms with Gasteiger partial charge >= 0.3 is 0 Å². The minimum absolute atomic E-state index is 0.0597. The molecule has 0 spiro atoms. The van der Waals surface area contributed by atoms with Gasteiger partial charge in [0, 0.05) is 18.3 Å². The number of aromatic hydroxyl groups is 1. The summed E-state index contributed by atoms with van der Waals surface area (Å²) < 4.78 is 2.11. The first-order valence-corrected chi connectivity index (χ1v) is 6.17. The molecule has 0 radical (unpaired) electrons. The van der Waals surface area contributed by atoms with Gasteiger partial charge in [0.25, 0.3) is 0 Å². The fourth-order valence-electron chi connectivity index (χ4n) is 2.63. The lowest BCUT2D eigenvalue weighted by molar-refractivity contribution is 0.337. The number of rotatable bonds is 2. The zero-order valence-electron chi connectivity index (χ0n) is 9.78. The van der Waals surface area contributed by atoms with Crippen LogP contribution in [-0.4, -0.2) is 9.67 Å². The molecule has 1 heterocycles. The van der Waals surface area contributed by atoms with Gasteiger partial charge in [0.1, 0.15) is 0 Å². The van der Waals surface area contributed by atoms with E-state index >= 15 is 0 Å². The van der Waals surface area contributed by atoms with E-state index in [0.29, 0.717) is 12.5 Å². The van der Waals surface area contributed by atoms with Gasteiger partial charge in [-0.3, -0.25) is 4.79 Å². The van der Waals surface area contributed by atoms with Crippen LogP contribution < -0.4 is 5.43 Å². The van der Waals surface area contributed by atoms with Crippen molar-refractivity contribution in [3.63, 3.8) is 0 Å². The summed E-state index contributed by atoms with van der Waals surface area (Å²) in [5.41, 5.74) is 0.531. The lowest BCUT2D eigenvalue weighted by Gasteiger charge is -2.27. The van der Waals surface area contributed by atoms with E-state index in [9.17, 15) is 9.90 Å². The Bertz CT molecular complexity index is 416. The van der Waals surface area contributed by atoms with Crippen molar-refractivity contribution < 1.29 is 5.11 Å². The molecule has 0 saturated heterocycles. The molecule has 3 nitrogen and oxygen atoms in total. The van der Waals surface area contributed by atoms with E-state index in [1.54, 1.807) is 0 Å². The van der Waals surface area contributed by atoms with E-state index in [0.717, 1.165) is 18.5 Å². The number of hydrogen-bond acceptors (Lipinski definition) is 2. The van der Waals surface area contributed by atoms with Gasteiger partial charge in [0.05, 0.1) is 5.69 Å². The Hall–Kier alpha value is -1.25. The van der Waals surface area contributed by atoms with Gasteiger partial charge in [-0.1, -0.05) is 26.2 Å². The maximum absolute atomic E-state index is 11.4. The lowest BCUT2D eigenvalue weighted by atomic mass is 9.94. The highest BCUT2D eigenvalue weighted by Crippen LogP contribution is 2.30. The number of nitrogens with zero attached hydrogens (tertiary/aromatic N) is 1. The summed E-state index contributed by atoms with van der Waals surface area (Å²) in [6.45, 7) is 1.98. The number of hydrogen-bond donors (Lipinski definition) is 1. The van der Waals surface area contributed by atoms with Crippen molar-refractivity contribution in [3.8, 4) is 5.75 Å². The summed E-state index contributed by atoms with van der Waals surface area (Å²) >= 11 is 0. The van der Waals surface area contributed by atoms with Crippen LogP contribution in [-0.2, 0) is 6.42 Å². The maximum Gasteiger partial charge on any atom is 0.223 e. The van der Waals surface area contributed by atoms with Gasteiger partial charge in [0.15, 0.2) is 5.75 Å². The molecule has 0 atom stereocenters.